The van der Waals surface area contributed by atoms with Crippen LogP contribution >= 0.6 is 11.6 Å². The van der Waals surface area contributed by atoms with Gasteiger partial charge in [-0.3, -0.25) is 4.79 Å². The van der Waals surface area contributed by atoms with Gasteiger partial charge in [-0.1, -0.05) is 17.7 Å². The molecule has 13 heavy (non-hydrogen) atoms. The molecule has 1 aromatic rings. The van der Waals surface area contributed by atoms with Crippen LogP contribution in [0.15, 0.2) is 29.2 Å². The third-order valence-electron chi connectivity index (χ3n) is 1.37. The van der Waals surface area contributed by atoms with Crippen LogP contribution in [0, 0.1) is 0 Å². The highest BCUT2D eigenvalue weighted by Crippen LogP contribution is 2.16. The Balaban J connectivity index is 3.32. The highest BCUT2D eigenvalue weighted by Gasteiger charge is 2.21. The van der Waals surface area contributed by atoms with Crippen LogP contribution in [0.4, 0.5) is 4.79 Å². The summed E-state index contributed by atoms with van der Waals surface area (Å²) in [5, 5.41) is -1.14. The van der Waals surface area contributed by atoms with Crippen LogP contribution in [0.25, 0.3) is 0 Å². The van der Waals surface area contributed by atoms with Gasteiger partial charge < -0.3 is 5.73 Å². The van der Waals surface area contributed by atoms with E-state index in [1.54, 1.807) is 0 Å². The van der Waals surface area contributed by atoms with Crippen molar-refractivity contribution in [1.29, 1.82) is 0 Å². The van der Waals surface area contributed by atoms with Gasteiger partial charge in [0, 0.05) is 5.02 Å². The quantitative estimate of drug-likeness (QED) is 0.771. The Morgan fingerprint density at radius 1 is 1.38 bits per heavy atom. The third-order valence-corrected chi connectivity index (χ3v) is 3.01. The summed E-state index contributed by atoms with van der Waals surface area (Å²) >= 11 is 5.54. The van der Waals surface area contributed by atoms with Crippen LogP contribution in [-0.2, 0) is 9.84 Å². The summed E-state index contributed by atoms with van der Waals surface area (Å²) in [4.78, 5) is 10.3. The number of halogens is 1. The molecule has 0 aliphatic carbocycles. The number of amides is 1. The van der Waals surface area contributed by atoms with Crippen molar-refractivity contribution in [2.45, 2.75) is 4.90 Å². The third kappa shape index (κ3) is 1.99. The molecule has 1 rings (SSSR count). The van der Waals surface area contributed by atoms with E-state index in [9.17, 15) is 13.2 Å². The molecule has 1 aromatic carbocycles. The summed E-state index contributed by atoms with van der Waals surface area (Å²) in [7, 11) is -4.04. The van der Waals surface area contributed by atoms with Crippen LogP contribution in [-0.4, -0.2) is 13.7 Å². The van der Waals surface area contributed by atoms with Gasteiger partial charge in [0.05, 0.1) is 4.90 Å². The summed E-state index contributed by atoms with van der Waals surface area (Å²) < 4.78 is 22.3. The first-order valence-corrected chi connectivity index (χ1v) is 5.11. The largest absolute Gasteiger partial charge is 0.356 e. The van der Waals surface area contributed by atoms with Crippen molar-refractivity contribution in [1.82, 2.24) is 0 Å². The molecule has 0 fully saturated rings. The molecule has 0 aliphatic heterocycles. The zero-order chi connectivity index (χ0) is 10.1. The fourth-order valence-corrected chi connectivity index (χ4v) is 1.78. The zero-order valence-electron chi connectivity index (χ0n) is 6.40. The molecular formula is C7H6ClNO3S. The van der Waals surface area contributed by atoms with E-state index in [0.29, 0.717) is 0 Å². The van der Waals surface area contributed by atoms with Crippen molar-refractivity contribution >= 4 is 26.7 Å². The van der Waals surface area contributed by atoms with Crippen LogP contribution in [0.5, 0.6) is 0 Å². The van der Waals surface area contributed by atoms with E-state index in [0.717, 1.165) is 0 Å². The molecule has 0 aromatic heterocycles. The lowest BCUT2D eigenvalue weighted by molar-refractivity contribution is 0.265. The van der Waals surface area contributed by atoms with Gasteiger partial charge in [0.15, 0.2) is 0 Å². The van der Waals surface area contributed by atoms with Crippen LogP contribution < -0.4 is 5.73 Å². The number of hydrogen-bond acceptors (Lipinski definition) is 3. The van der Waals surface area contributed by atoms with Gasteiger partial charge in [-0.15, -0.1) is 0 Å². The standard InChI is InChI=1S/C7H6ClNO3S/c8-5-2-1-3-6(4-5)13(11,12)7(9)10/h1-4H,(H2,9,10). The van der Waals surface area contributed by atoms with Crippen LogP contribution in [0.2, 0.25) is 5.02 Å². The normalized spacial score (nSPS) is 11.2. The molecule has 2 N–H and O–H groups in total. The van der Waals surface area contributed by atoms with E-state index in [1.807, 2.05) is 0 Å². The minimum atomic E-state index is -4.04. The topological polar surface area (TPSA) is 77.2 Å². The monoisotopic (exact) mass is 219 g/mol. The minimum Gasteiger partial charge on any atom is -0.356 e. The summed E-state index contributed by atoms with van der Waals surface area (Å²) in [5.74, 6) is 0. The number of primary amides is 1. The maximum atomic E-state index is 11.2. The second-order valence-electron chi connectivity index (χ2n) is 2.28. The number of rotatable bonds is 1. The van der Waals surface area contributed by atoms with Gasteiger partial charge in [0.1, 0.15) is 0 Å². The highest BCUT2D eigenvalue weighted by atomic mass is 35.5. The second kappa shape index (κ2) is 3.35. The maximum absolute atomic E-state index is 11.2. The molecular weight excluding hydrogens is 214 g/mol. The number of sulfone groups is 1. The number of carbonyl (C=O) groups is 1. The molecule has 0 atom stereocenters. The Morgan fingerprint density at radius 3 is 2.46 bits per heavy atom. The van der Waals surface area contributed by atoms with E-state index in [1.165, 1.54) is 24.3 Å². The van der Waals surface area contributed by atoms with Gasteiger partial charge in [0.2, 0.25) is 0 Å². The van der Waals surface area contributed by atoms with Gasteiger partial charge >= 0.3 is 5.24 Å². The van der Waals surface area contributed by atoms with Crippen LogP contribution in [0.3, 0.4) is 0 Å². The zero-order valence-corrected chi connectivity index (χ0v) is 7.97. The highest BCUT2D eigenvalue weighted by molar-refractivity contribution is 8.06. The number of benzene rings is 1. The molecule has 0 spiro atoms. The Hall–Kier alpha value is -1.07. The minimum absolute atomic E-state index is 0.187. The Morgan fingerprint density at radius 2 is 2.00 bits per heavy atom. The van der Waals surface area contributed by atoms with Gasteiger partial charge in [-0.25, -0.2) is 8.42 Å². The maximum Gasteiger partial charge on any atom is 0.338 e. The molecule has 0 aliphatic rings. The first-order valence-electron chi connectivity index (χ1n) is 3.24. The number of hydrogen-bond donors (Lipinski definition) is 1. The van der Waals surface area contributed by atoms with Crippen molar-refractivity contribution in [2.24, 2.45) is 5.73 Å². The molecule has 6 heteroatoms. The lowest BCUT2D eigenvalue weighted by Gasteiger charge is -1.98. The summed E-state index contributed by atoms with van der Waals surface area (Å²) in [5.41, 5.74) is 4.68. The molecule has 1 amide bonds. The first kappa shape index (κ1) is 10.0. The molecule has 70 valence electrons. The number of carbonyl (C=O) groups excluding carboxylic acids is 1. The van der Waals surface area contributed by atoms with E-state index in [4.69, 9.17) is 11.6 Å². The molecule has 0 saturated carbocycles. The second-order valence-corrected chi connectivity index (χ2v) is 4.60. The van der Waals surface area contributed by atoms with Crippen molar-refractivity contribution < 1.29 is 13.2 Å². The van der Waals surface area contributed by atoms with Crippen LogP contribution in [0.1, 0.15) is 0 Å². The van der Waals surface area contributed by atoms with E-state index >= 15 is 0 Å². The lowest BCUT2D eigenvalue weighted by Crippen LogP contribution is -2.21. The van der Waals surface area contributed by atoms with Gasteiger partial charge in [-0.05, 0) is 18.2 Å². The average Bonchev–Trinajstić information content (AvgIpc) is 2.04. The Kier molecular flexibility index (Phi) is 2.58. The molecule has 0 unspecified atom stereocenters. The summed E-state index contributed by atoms with van der Waals surface area (Å²) in [6.07, 6.45) is 0. The predicted octanol–water partition coefficient (Wildman–Crippen LogP) is 1.19. The van der Waals surface area contributed by atoms with Gasteiger partial charge in [-0.2, -0.15) is 0 Å². The molecule has 0 radical (unpaired) electrons. The molecule has 0 heterocycles. The predicted molar refractivity (Wildman–Crippen MR) is 48.2 cm³/mol. The van der Waals surface area contributed by atoms with Crippen molar-refractivity contribution in [3.05, 3.63) is 29.3 Å². The van der Waals surface area contributed by atoms with E-state index in [-0.39, 0.29) is 9.92 Å². The number of nitrogens with two attached hydrogens (primary N) is 1. The summed E-state index contributed by atoms with van der Waals surface area (Å²) in [6.45, 7) is 0. The molecule has 0 bridgehead atoms. The van der Waals surface area contributed by atoms with Gasteiger partial charge in [0.25, 0.3) is 9.84 Å². The van der Waals surface area contributed by atoms with Crippen molar-refractivity contribution in [3.63, 3.8) is 0 Å². The molecule has 0 saturated heterocycles. The van der Waals surface area contributed by atoms with Crippen molar-refractivity contribution in [2.75, 3.05) is 0 Å². The lowest BCUT2D eigenvalue weighted by atomic mass is 10.4. The first-order chi connectivity index (χ1) is 5.94. The van der Waals surface area contributed by atoms with Crippen molar-refractivity contribution in [3.8, 4) is 0 Å². The SMILES string of the molecule is NC(=O)S(=O)(=O)c1cccc(Cl)c1. The summed E-state index contributed by atoms with van der Waals surface area (Å²) in [6, 6.07) is 5.35. The average molecular weight is 220 g/mol. The smallest absolute Gasteiger partial charge is 0.338 e. The Labute approximate surface area is 80.2 Å². The van der Waals surface area contributed by atoms with E-state index in [2.05, 4.69) is 5.73 Å². The van der Waals surface area contributed by atoms with E-state index < -0.39 is 15.1 Å². The fraction of sp³-hybridized carbons (Fsp3) is 0. The Bertz CT molecular complexity index is 441. The fourth-order valence-electron chi connectivity index (χ4n) is 0.750. The molecule has 4 nitrogen and oxygen atoms in total.